The third kappa shape index (κ3) is 6.70. The molecule has 4 rings (SSSR count). The number of anilines is 2. The zero-order chi connectivity index (χ0) is 26.0. The number of ether oxygens (including phenoxy) is 3. The monoisotopic (exact) mass is 504 g/mol. The topological polar surface area (TPSA) is 85.8 Å². The van der Waals surface area contributed by atoms with Gasteiger partial charge in [0.2, 0.25) is 5.75 Å². The number of carbonyl (C=O) groups is 1. The molecule has 8 nitrogen and oxygen atoms in total. The fourth-order valence-corrected chi connectivity index (χ4v) is 4.39. The smallest absolute Gasteiger partial charge is 0.255 e. The van der Waals surface area contributed by atoms with Gasteiger partial charge in [0.05, 0.1) is 25.5 Å². The van der Waals surface area contributed by atoms with Gasteiger partial charge in [-0.2, -0.15) is 0 Å². The van der Waals surface area contributed by atoms with E-state index in [1.807, 2.05) is 57.2 Å². The summed E-state index contributed by atoms with van der Waals surface area (Å²) in [4.78, 5) is 15.4. The highest BCUT2D eigenvalue weighted by Gasteiger charge is 2.19. The minimum atomic E-state index is -0.265. The van der Waals surface area contributed by atoms with Crippen molar-refractivity contribution >= 4 is 17.4 Å². The Bertz CT molecular complexity index is 1130. The summed E-state index contributed by atoms with van der Waals surface area (Å²) in [6.45, 7) is 9.09. The largest absolute Gasteiger partial charge is 0.490 e. The Hall–Kier alpha value is -3.81. The minimum absolute atomic E-state index is 0.265. The number of hydrogen-bond donors (Lipinski definition) is 1. The Labute approximate surface area is 219 Å². The summed E-state index contributed by atoms with van der Waals surface area (Å²) in [5.74, 6) is 2.15. The van der Waals surface area contributed by atoms with E-state index in [0.717, 1.165) is 30.2 Å². The van der Waals surface area contributed by atoms with E-state index in [0.29, 0.717) is 48.3 Å². The molecule has 1 aliphatic heterocycles. The van der Waals surface area contributed by atoms with E-state index in [9.17, 15) is 4.79 Å². The Morgan fingerprint density at radius 1 is 0.811 bits per heavy atom. The van der Waals surface area contributed by atoms with E-state index in [1.54, 1.807) is 12.1 Å². The van der Waals surface area contributed by atoms with Gasteiger partial charge >= 0.3 is 0 Å². The zero-order valence-electron chi connectivity index (χ0n) is 22.0. The first-order chi connectivity index (χ1) is 18.1. The van der Waals surface area contributed by atoms with Gasteiger partial charge in [0.25, 0.3) is 5.91 Å². The van der Waals surface area contributed by atoms with Crippen LogP contribution in [0.5, 0.6) is 17.2 Å². The van der Waals surface area contributed by atoms with Gasteiger partial charge < -0.3 is 24.4 Å². The molecule has 1 saturated heterocycles. The summed E-state index contributed by atoms with van der Waals surface area (Å²) in [5, 5.41) is 11.9. The maximum Gasteiger partial charge on any atom is 0.255 e. The SMILES string of the molecule is CCOc1cc(C(=O)Nc2ccc(-c3ccc(N4CCCCCC4)nn3)cc2)cc(OCC)c1OCC. The second kappa shape index (κ2) is 12.9. The first-order valence-electron chi connectivity index (χ1n) is 13.2. The van der Waals surface area contributed by atoms with Crippen LogP contribution in [0.3, 0.4) is 0 Å². The predicted molar refractivity (Wildman–Crippen MR) is 146 cm³/mol. The van der Waals surface area contributed by atoms with Crippen LogP contribution in [-0.2, 0) is 0 Å². The van der Waals surface area contributed by atoms with Crippen LogP contribution in [0.15, 0.2) is 48.5 Å². The van der Waals surface area contributed by atoms with Crippen molar-refractivity contribution in [2.75, 3.05) is 43.1 Å². The molecule has 37 heavy (non-hydrogen) atoms. The average Bonchev–Trinajstić information content (AvgIpc) is 3.21. The summed E-state index contributed by atoms with van der Waals surface area (Å²) in [6, 6.07) is 15.0. The van der Waals surface area contributed by atoms with Crippen LogP contribution < -0.4 is 24.4 Å². The molecule has 0 saturated carbocycles. The molecule has 1 fully saturated rings. The van der Waals surface area contributed by atoms with E-state index in [1.165, 1.54) is 25.7 Å². The average molecular weight is 505 g/mol. The van der Waals surface area contributed by atoms with Gasteiger partial charge in [-0.15, -0.1) is 10.2 Å². The van der Waals surface area contributed by atoms with Gasteiger partial charge in [0.15, 0.2) is 17.3 Å². The number of rotatable bonds is 10. The summed E-state index contributed by atoms with van der Waals surface area (Å²) < 4.78 is 17.2. The lowest BCUT2D eigenvalue weighted by Crippen LogP contribution is -2.25. The van der Waals surface area contributed by atoms with Crippen molar-refractivity contribution in [1.29, 1.82) is 0 Å². The van der Waals surface area contributed by atoms with Crippen molar-refractivity contribution in [3.8, 4) is 28.5 Å². The fourth-order valence-electron chi connectivity index (χ4n) is 4.39. The third-order valence-corrected chi connectivity index (χ3v) is 6.19. The van der Waals surface area contributed by atoms with Crippen LogP contribution in [0, 0.1) is 0 Å². The molecule has 0 atom stereocenters. The number of nitrogens with zero attached hydrogens (tertiary/aromatic N) is 3. The van der Waals surface area contributed by atoms with Crippen molar-refractivity contribution < 1.29 is 19.0 Å². The zero-order valence-corrected chi connectivity index (χ0v) is 22.0. The number of carbonyl (C=O) groups excluding carboxylic acids is 1. The van der Waals surface area contributed by atoms with Gasteiger partial charge in [-0.25, -0.2) is 0 Å². The van der Waals surface area contributed by atoms with E-state index in [2.05, 4.69) is 20.4 Å². The molecule has 0 radical (unpaired) electrons. The Morgan fingerprint density at radius 3 is 1.97 bits per heavy atom. The van der Waals surface area contributed by atoms with E-state index in [4.69, 9.17) is 14.2 Å². The minimum Gasteiger partial charge on any atom is -0.490 e. The van der Waals surface area contributed by atoms with Crippen molar-refractivity contribution in [1.82, 2.24) is 10.2 Å². The van der Waals surface area contributed by atoms with Crippen molar-refractivity contribution in [2.45, 2.75) is 46.5 Å². The van der Waals surface area contributed by atoms with Crippen molar-refractivity contribution in [3.63, 3.8) is 0 Å². The molecule has 1 aromatic heterocycles. The van der Waals surface area contributed by atoms with Crippen molar-refractivity contribution in [2.24, 2.45) is 0 Å². The maximum absolute atomic E-state index is 13.1. The Balaban J connectivity index is 1.47. The van der Waals surface area contributed by atoms with Crippen LogP contribution in [0.4, 0.5) is 11.5 Å². The molecule has 1 aliphatic rings. The predicted octanol–water partition coefficient (Wildman–Crippen LogP) is 5.97. The van der Waals surface area contributed by atoms with E-state index < -0.39 is 0 Å². The highest BCUT2D eigenvalue weighted by molar-refractivity contribution is 6.05. The molecular formula is C29H36N4O4. The van der Waals surface area contributed by atoms with E-state index >= 15 is 0 Å². The van der Waals surface area contributed by atoms with Gasteiger partial charge in [-0.3, -0.25) is 4.79 Å². The fraction of sp³-hybridized carbons (Fsp3) is 0.414. The number of nitrogens with one attached hydrogen (secondary N) is 1. The standard InChI is InChI=1S/C29H36N4O4/c1-4-35-25-19-22(20-26(36-5-2)28(25)37-6-3)29(34)30-23-13-11-21(12-14-23)24-15-16-27(32-31-24)33-17-9-7-8-10-18-33/h11-16,19-20H,4-10,17-18H2,1-3H3,(H,30,34). The molecule has 8 heteroatoms. The quantitative estimate of drug-likeness (QED) is 0.364. The maximum atomic E-state index is 13.1. The van der Waals surface area contributed by atoms with Crippen molar-refractivity contribution in [3.05, 3.63) is 54.1 Å². The molecule has 3 aromatic rings. The van der Waals surface area contributed by atoms with Gasteiger partial charge in [0, 0.05) is 29.9 Å². The van der Waals surface area contributed by atoms with Gasteiger partial charge in [0.1, 0.15) is 0 Å². The van der Waals surface area contributed by atoms with E-state index in [-0.39, 0.29) is 5.91 Å². The molecule has 1 N–H and O–H groups in total. The molecule has 196 valence electrons. The molecule has 0 spiro atoms. The van der Waals surface area contributed by atoms with Crippen LogP contribution in [0.1, 0.15) is 56.8 Å². The molecule has 0 unspecified atom stereocenters. The molecule has 2 heterocycles. The van der Waals surface area contributed by atoms with Crippen LogP contribution in [-0.4, -0.2) is 49.0 Å². The molecule has 1 amide bonds. The molecular weight excluding hydrogens is 468 g/mol. The number of amides is 1. The second-order valence-electron chi connectivity index (χ2n) is 8.81. The summed E-state index contributed by atoms with van der Waals surface area (Å²) >= 11 is 0. The highest BCUT2D eigenvalue weighted by Crippen LogP contribution is 2.39. The number of aromatic nitrogens is 2. The van der Waals surface area contributed by atoms with Crippen LogP contribution in [0.25, 0.3) is 11.3 Å². The lowest BCUT2D eigenvalue weighted by Gasteiger charge is -2.20. The normalized spacial score (nSPS) is 13.5. The summed E-state index contributed by atoms with van der Waals surface area (Å²) in [5.41, 5.74) is 2.83. The first kappa shape index (κ1) is 26.3. The highest BCUT2D eigenvalue weighted by atomic mass is 16.5. The third-order valence-electron chi connectivity index (χ3n) is 6.19. The number of benzene rings is 2. The van der Waals surface area contributed by atoms with Gasteiger partial charge in [-0.1, -0.05) is 25.0 Å². The molecule has 2 aromatic carbocycles. The lowest BCUT2D eigenvalue weighted by atomic mass is 10.1. The first-order valence-corrected chi connectivity index (χ1v) is 13.2. The van der Waals surface area contributed by atoms with Crippen LogP contribution >= 0.6 is 0 Å². The van der Waals surface area contributed by atoms with Crippen LogP contribution in [0.2, 0.25) is 0 Å². The number of hydrogen-bond acceptors (Lipinski definition) is 7. The second-order valence-corrected chi connectivity index (χ2v) is 8.81. The summed E-state index contributed by atoms with van der Waals surface area (Å²) in [7, 11) is 0. The van der Waals surface area contributed by atoms with Gasteiger partial charge in [-0.05, 0) is 70.0 Å². The summed E-state index contributed by atoms with van der Waals surface area (Å²) in [6.07, 6.45) is 4.97. The molecule has 0 bridgehead atoms. The molecule has 0 aliphatic carbocycles. The Kier molecular flexibility index (Phi) is 9.18. The Morgan fingerprint density at radius 2 is 1.43 bits per heavy atom. The lowest BCUT2D eigenvalue weighted by molar-refractivity contribution is 0.102.